The first kappa shape index (κ1) is 15.4. The van der Waals surface area contributed by atoms with Crippen LogP contribution in [-0.2, 0) is 14.6 Å². The van der Waals surface area contributed by atoms with Crippen molar-refractivity contribution < 1.29 is 17.9 Å². The summed E-state index contributed by atoms with van der Waals surface area (Å²) < 4.78 is 28.0. The highest BCUT2D eigenvalue weighted by Crippen LogP contribution is 2.34. The Kier molecular flexibility index (Phi) is 4.14. The van der Waals surface area contributed by atoms with Crippen molar-refractivity contribution in [1.82, 2.24) is 0 Å². The maximum Gasteiger partial charge on any atom is 0.338 e. The van der Waals surface area contributed by atoms with Gasteiger partial charge >= 0.3 is 5.97 Å². The Morgan fingerprint density at radius 1 is 1.36 bits per heavy atom. The van der Waals surface area contributed by atoms with Gasteiger partial charge in [0.25, 0.3) is 0 Å². The van der Waals surface area contributed by atoms with Crippen LogP contribution in [0.15, 0.2) is 29.3 Å². The first-order valence-electron chi connectivity index (χ1n) is 6.96. The Morgan fingerprint density at radius 2 is 2.09 bits per heavy atom. The Hall–Kier alpha value is -1.54. The van der Waals surface area contributed by atoms with E-state index in [2.05, 4.69) is 10.3 Å². The lowest BCUT2D eigenvalue weighted by Gasteiger charge is -2.07. The van der Waals surface area contributed by atoms with Crippen molar-refractivity contribution >= 4 is 38.4 Å². The minimum absolute atomic E-state index is 0.0197. The molecule has 22 heavy (non-hydrogen) atoms. The highest BCUT2D eigenvalue weighted by Gasteiger charge is 2.42. The fraction of sp³-hybridized carbons (Fsp3) is 0.429. The van der Waals surface area contributed by atoms with Crippen LogP contribution >= 0.6 is 11.8 Å². The zero-order valence-electron chi connectivity index (χ0n) is 12.0. The Labute approximate surface area is 133 Å². The van der Waals surface area contributed by atoms with Crippen LogP contribution < -0.4 is 5.32 Å². The number of carbonyl (C=O) groups excluding carboxylic acids is 1. The van der Waals surface area contributed by atoms with Gasteiger partial charge in [-0.1, -0.05) is 11.8 Å². The van der Waals surface area contributed by atoms with E-state index in [4.69, 9.17) is 4.74 Å². The number of anilines is 1. The maximum absolute atomic E-state index is 11.6. The summed E-state index contributed by atoms with van der Waals surface area (Å²) in [5.74, 6) is -0.0161. The number of esters is 1. The number of aliphatic imine (C=N–C) groups is 1. The van der Waals surface area contributed by atoms with E-state index in [1.165, 1.54) is 11.8 Å². The fourth-order valence-corrected chi connectivity index (χ4v) is 6.12. The molecule has 1 saturated heterocycles. The number of carbonyl (C=O) groups is 1. The molecule has 0 radical (unpaired) electrons. The first-order valence-corrected chi connectivity index (χ1v) is 9.66. The minimum atomic E-state index is -2.93. The summed E-state index contributed by atoms with van der Waals surface area (Å²) in [7, 11) is -2.93. The predicted molar refractivity (Wildman–Crippen MR) is 87.3 cm³/mol. The molecule has 1 aromatic rings. The smallest absolute Gasteiger partial charge is 0.338 e. The van der Waals surface area contributed by atoms with E-state index in [1.54, 1.807) is 31.2 Å². The van der Waals surface area contributed by atoms with Gasteiger partial charge < -0.3 is 10.1 Å². The van der Waals surface area contributed by atoms with Gasteiger partial charge in [0.05, 0.1) is 29.7 Å². The molecular formula is C14H16N2O4S2. The largest absolute Gasteiger partial charge is 0.462 e. The normalized spacial score (nSPS) is 25.4. The summed E-state index contributed by atoms with van der Waals surface area (Å²) in [6.45, 7) is 2.11. The standard InChI is InChI=1S/C14H16N2O4S2/c1-2-20-13(17)9-3-5-10(6-4-9)15-14-16-11-7-22(18,19)8-12(11)21-14/h3-6,11-12H,2,7-8H2,1H3,(H,15,16)/t11-,12+/m1/s1. The average molecular weight is 340 g/mol. The van der Waals surface area contributed by atoms with Gasteiger partial charge in [-0.25, -0.2) is 13.2 Å². The molecule has 1 aromatic carbocycles. The van der Waals surface area contributed by atoms with Gasteiger partial charge in [-0.3, -0.25) is 4.99 Å². The van der Waals surface area contributed by atoms with E-state index in [9.17, 15) is 13.2 Å². The van der Waals surface area contributed by atoms with Crippen molar-refractivity contribution in [3.05, 3.63) is 29.8 Å². The van der Waals surface area contributed by atoms with E-state index in [0.717, 1.165) is 10.9 Å². The summed E-state index contributed by atoms with van der Waals surface area (Å²) in [5, 5.41) is 3.91. The minimum Gasteiger partial charge on any atom is -0.462 e. The topological polar surface area (TPSA) is 84.8 Å². The molecule has 0 aliphatic carbocycles. The molecule has 0 aromatic heterocycles. The average Bonchev–Trinajstić information content (AvgIpc) is 2.92. The van der Waals surface area contributed by atoms with Crippen molar-refractivity contribution in [2.45, 2.75) is 18.2 Å². The van der Waals surface area contributed by atoms with Gasteiger partial charge in [-0.15, -0.1) is 0 Å². The molecule has 2 atom stereocenters. The molecular weight excluding hydrogens is 324 g/mol. The molecule has 0 amide bonds. The van der Waals surface area contributed by atoms with Gasteiger partial charge in [-0.05, 0) is 31.2 Å². The van der Waals surface area contributed by atoms with Crippen molar-refractivity contribution in [3.63, 3.8) is 0 Å². The second-order valence-corrected chi connectivity index (χ2v) is 8.54. The Balaban J connectivity index is 1.64. The summed E-state index contributed by atoms with van der Waals surface area (Å²) in [6.07, 6.45) is 0. The van der Waals surface area contributed by atoms with Crippen LogP contribution in [0.5, 0.6) is 0 Å². The third-order valence-corrected chi connectivity index (χ3v) is 6.61. The van der Waals surface area contributed by atoms with Crippen LogP contribution in [0.2, 0.25) is 0 Å². The number of hydrogen-bond donors (Lipinski definition) is 1. The van der Waals surface area contributed by atoms with E-state index in [0.29, 0.717) is 12.2 Å². The lowest BCUT2D eigenvalue weighted by atomic mass is 10.2. The number of rotatable bonds is 3. The first-order chi connectivity index (χ1) is 10.5. The van der Waals surface area contributed by atoms with Crippen molar-refractivity contribution in [2.75, 3.05) is 23.4 Å². The molecule has 1 N–H and O–H groups in total. The van der Waals surface area contributed by atoms with Crippen LogP contribution in [-0.4, -0.2) is 49.0 Å². The number of benzene rings is 1. The molecule has 2 aliphatic heterocycles. The number of nitrogens with zero attached hydrogens (tertiary/aromatic N) is 1. The molecule has 0 unspecified atom stereocenters. The van der Waals surface area contributed by atoms with Crippen LogP contribution in [0.1, 0.15) is 17.3 Å². The quantitative estimate of drug-likeness (QED) is 0.840. The van der Waals surface area contributed by atoms with Gasteiger partial charge in [0.2, 0.25) is 0 Å². The van der Waals surface area contributed by atoms with Gasteiger partial charge in [0.1, 0.15) is 0 Å². The van der Waals surface area contributed by atoms with Crippen LogP contribution in [0.25, 0.3) is 0 Å². The Morgan fingerprint density at radius 3 is 2.73 bits per heavy atom. The number of nitrogens with one attached hydrogen (secondary N) is 1. The Bertz CT molecular complexity index is 713. The molecule has 2 heterocycles. The van der Waals surface area contributed by atoms with Gasteiger partial charge in [0.15, 0.2) is 15.0 Å². The van der Waals surface area contributed by atoms with Crippen LogP contribution in [0.4, 0.5) is 5.69 Å². The highest BCUT2D eigenvalue weighted by molar-refractivity contribution is 8.15. The van der Waals surface area contributed by atoms with Crippen LogP contribution in [0.3, 0.4) is 0 Å². The molecule has 0 saturated carbocycles. The van der Waals surface area contributed by atoms with E-state index >= 15 is 0 Å². The second kappa shape index (κ2) is 5.92. The zero-order valence-corrected chi connectivity index (χ0v) is 13.6. The van der Waals surface area contributed by atoms with Gasteiger partial charge in [-0.2, -0.15) is 0 Å². The zero-order chi connectivity index (χ0) is 15.7. The van der Waals surface area contributed by atoms with Crippen molar-refractivity contribution in [2.24, 2.45) is 4.99 Å². The number of hydrogen-bond acceptors (Lipinski definition) is 7. The number of sulfone groups is 1. The lowest BCUT2D eigenvalue weighted by molar-refractivity contribution is 0.0526. The summed E-state index contributed by atoms with van der Waals surface area (Å²) in [6, 6.07) is 6.79. The SMILES string of the molecule is CCOC(=O)c1ccc(NC2=N[C@@H]3CS(=O)(=O)C[C@@H]3S2)cc1. The molecule has 0 bridgehead atoms. The number of ether oxygens (including phenoxy) is 1. The summed E-state index contributed by atoms with van der Waals surface area (Å²) in [5.41, 5.74) is 1.30. The molecule has 3 rings (SSSR count). The molecule has 118 valence electrons. The third-order valence-electron chi connectivity index (χ3n) is 3.47. The number of thioether (sulfide) groups is 1. The van der Waals surface area contributed by atoms with Gasteiger partial charge in [0, 0.05) is 10.9 Å². The molecule has 0 spiro atoms. The second-order valence-electron chi connectivity index (χ2n) is 5.16. The lowest BCUT2D eigenvalue weighted by Crippen LogP contribution is -2.13. The fourth-order valence-electron chi connectivity index (χ4n) is 2.44. The van der Waals surface area contributed by atoms with Crippen molar-refractivity contribution in [3.8, 4) is 0 Å². The molecule has 1 fully saturated rings. The van der Waals surface area contributed by atoms with Crippen molar-refractivity contribution in [1.29, 1.82) is 0 Å². The van der Waals surface area contributed by atoms with E-state index in [1.807, 2.05) is 0 Å². The van der Waals surface area contributed by atoms with E-state index < -0.39 is 9.84 Å². The highest BCUT2D eigenvalue weighted by atomic mass is 32.2. The summed E-state index contributed by atoms with van der Waals surface area (Å²) in [4.78, 5) is 16.0. The molecule has 8 heteroatoms. The number of fused-ring (bicyclic) bond motifs is 1. The van der Waals surface area contributed by atoms with E-state index in [-0.39, 0.29) is 28.8 Å². The monoisotopic (exact) mass is 340 g/mol. The molecule has 2 aliphatic rings. The summed E-state index contributed by atoms with van der Waals surface area (Å²) >= 11 is 1.47. The molecule has 6 nitrogen and oxygen atoms in total. The van der Waals surface area contributed by atoms with Crippen LogP contribution in [0, 0.1) is 0 Å². The number of amidine groups is 1. The third kappa shape index (κ3) is 3.27. The maximum atomic E-state index is 11.6. The predicted octanol–water partition coefficient (Wildman–Crippen LogP) is 1.54.